The third-order valence-corrected chi connectivity index (χ3v) is 4.08. The topological polar surface area (TPSA) is 72.2 Å². The fourth-order valence-electron chi connectivity index (χ4n) is 1.13. The van der Waals surface area contributed by atoms with Gasteiger partial charge >= 0.3 is 0 Å². The number of nitrogens with one attached hydrogen (secondary N) is 1. The van der Waals surface area contributed by atoms with Crippen molar-refractivity contribution in [2.24, 2.45) is 5.14 Å². The smallest absolute Gasteiger partial charge is 0.238 e. The van der Waals surface area contributed by atoms with Gasteiger partial charge in [-0.05, 0) is 18.9 Å². The Morgan fingerprint density at radius 2 is 2.29 bits per heavy atom. The normalized spacial score (nSPS) is 17.2. The molecule has 2 rings (SSSR count). The lowest BCUT2D eigenvalue weighted by atomic mass is 10.4. The minimum atomic E-state index is -3.52. The fraction of sp³-hybridized carbons (Fsp3) is 0.500. The number of hydrogen-bond acceptors (Lipinski definition) is 4. The Morgan fingerprint density at radius 3 is 2.79 bits per heavy atom. The maximum Gasteiger partial charge on any atom is 0.238 e. The summed E-state index contributed by atoms with van der Waals surface area (Å²) in [7, 11) is -3.52. The molecule has 0 unspecified atom stereocenters. The van der Waals surface area contributed by atoms with E-state index in [0.29, 0.717) is 6.04 Å². The molecule has 14 heavy (non-hydrogen) atoms. The Kier molecular flexibility index (Phi) is 2.61. The van der Waals surface area contributed by atoms with Crippen LogP contribution in [-0.4, -0.2) is 14.5 Å². The second-order valence-electron chi connectivity index (χ2n) is 3.45. The molecule has 3 N–H and O–H groups in total. The van der Waals surface area contributed by atoms with Crippen LogP contribution in [0.3, 0.4) is 0 Å². The van der Waals surface area contributed by atoms with Crippen LogP contribution in [0.25, 0.3) is 0 Å². The van der Waals surface area contributed by atoms with Crippen LogP contribution in [0.4, 0.5) is 0 Å². The van der Waals surface area contributed by atoms with Crippen LogP contribution in [0.1, 0.15) is 17.7 Å². The average Bonchev–Trinajstić information content (AvgIpc) is 2.77. The van der Waals surface area contributed by atoms with E-state index in [9.17, 15) is 8.42 Å². The van der Waals surface area contributed by atoms with Crippen LogP contribution in [-0.2, 0) is 16.6 Å². The zero-order chi connectivity index (χ0) is 10.2. The molecule has 4 nitrogen and oxygen atoms in total. The largest absolute Gasteiger partial charge is 0.309 e. The molecule has 1 aliphatic carbocycles. The van der Waals surface area contributed by atoms with Gasteiger partial charge in [0, 0.05) is 22.8 Å². The monoisotopic (exact) mass is 232 g/mol. The highest BCUT2D eigenvalue weighted by Crippen LogP contribution is 2.22. The summed E-state index contributed by atoms with van der Waals surface area (Å²) in [5.41, 5.74) is 0. The van der Waals surface area contributed by atoms with Crippen LogP contribution in [0.15, 0.2) is 16.3 Å². The van der Waals surface area contributed by atoms with Gasteiger partial charge in [-0.3, -0.25) is 0 Å². The molecule has 6 heteroatoms. The molecule has 1 aliphatic rings. The van der Waals surface area contributed by atoms with Crippen molar-refractivity contribution in [3.63, 3.8) is 0 Å². The van der Waals surface area contributed by atoms with Gasteiger partial charge in [0.1, 0.15) is 0 Å². The molecule has 0 aromatic carbocycles. The van der Waals surface area contributed by atoms with Gasteiger partial charge in [-0.25, -0.2) is 13.6 Å². The van der Waals surface area contributed by atoms with Gasteiger partial charge in [-0.2, -0.15) is 0 Å². The van der Waals surface area contributed by atoms with Crippen LogP contribution >= 0.6 is 11.3 Å². The molecule has 0 spiro atoms. The van der Waals surface area contributed by atoms with Gasteiger partial charge in [0.05, 0.1) is 4.90 Å². The zero-order valence-electron chi connectivity index (χ0n) is 7.56. The lowest BCUT2D eigenvalue weighted by molar-refractivity contribution is 0.598. The fourth-order valence-corrected chi connectivity index (χ4v) is 2.89. The number of nitrogens with two attached hydrogens (primary N) is 1. The van der Waals surface area contributed by atoms with E-state index in [1.807, 2.05) is 0 Å². The van der Waals surface area contributed by atoms with Gasteiger partial charge in [0.2, 0.25) is 10.0 Å². The van der Waals surface area contributed by atoms with E-state index < -0.39 is 10.0 Å². The van der Waals surface area contributed by atoms with E-state index in [2.05, 4.69) is 5.32 Å². The number of rotatable bonds is 4. The maximum atomic E-state index is 11.0. The number of hydrogen-bond donors (Lipinski definition) is 2. The summed E-state index contributed by atoms with van der Waals surface area (Å²) in [6.45, 7) is 0.741. The summed E-state index contributed by atoms with van der Waals surface area (Å²) in [5, 5.41) is 9.89. The third-order valence-electron chi connectivity index (χ3n) is 2.10. The van der Waals surface area contributed by atoms with Crippen molar-refractivity contribution in [3.05, 3.63) is 16.3 Å². The van der Waals surface area contributed by atoms with Crippen molar-refractivity contribution in [2.45, 2.75) is 30.3 Å². The van der Waals surface area contributed by atoms with Gasteiger partial charge < -0.3 is 5.32 Å². The van der Waals surface area contributed by atoms with Crippen molar-refractivity contribution >= 4 is 21.4 Å². The Hall–Kier alpha value is -0.430. The molecule has 0 amide bonds. The number of primary sulfonamides is 1. The molecule has 0 saturated heterocycles. The molecular weight excluding hydrogens is 220 g/mol. The molecule has 0 aliphatic heterocycles. The van der Waals surface area contributed by atoms with E-state index in [1.165, 1.54) is 24.2 Å². The summed E-state index contributed by atoms with van der Waals surface area (Å²) in [6.07, 6.45) is 2.46. The van der Waals surface area contributed by atoms with Gasteiger partial charge in [-0.15, -0.1) is 11.3 Å². The maximum absolute atomic E-state index is 11.0. The first-order valence-corrected chi connectivity index (χ1v) is 6.82. The van der Waals surface area contributed by atoms with Gasteiger partial charge in [0.25, 0.3) is 0 Å². The first-order chi connectivity index (χ1) is 6.55. The molecule has 1 aromatic rings. The van der Waals surface area contributed by atoms with Crippen molar-refractivity contribution < 1.29 is 8.42 Å². The van der Waals surface area contributed by atoms with Crippen LogP contribution in [0.5, 0.6) is 0 Å². The van der Waals surface area contributed by atoms with Crippen LogP contribution in [0.2, 0.25) is 0 Å². The first kappa shape index (κ1) is 10.1. The minimum Gasteiger partial charge on any atom is -0.309 e. The highest BCUT2D eigenvalue weighted by Gasteiger charge is 2.20. The highest BCUT2D eigenvalue weighted by atomic mass is 32.2. The Morgan fingerprint density at radius 1 is 1.57 bits per heavy atom. The SMILES string of the molecule is NS(=O)(=O)c1csc(CNC2CC2)c1. The molecular formula is C8H12N2O2S2. The molecule has 78 valence electrons. The summed E-state index contributed by atoms with van der Waals surface area (Å²) >= 11 is 1.42. The van der Waals surface area contributed by atoms with E-state index in [4.69, 9.17) is 5.14 Å². The van der Waals surface area contributed by atoms with E-state index in [0.717, 1.165) is 11.4 Å². The number of sulfonamides is 1. The summed E-state index contributed by atoms with van der Waals surface area (Å²) in [4.78, 5) is 1.23. The lowest BCUT2D eigenvalue weighted by Gasteiger charge is -1.97. The van der Waals surface area contributed by atoms with Crippen molar-refractivity contribution in [1.29, 1.82) is 0 Å². The van der Waals surface area contributed by atoms with Gasteiger partial charge in [-0.1, -0.05) is 0 Å². The molecule has 0 radical (unpaired) electrons. The van der Waals surface area contributed by atoms with E-state index in [1.54, 1.807) is 11.4 Å². The predicted octanol–water partition coefficient (Wildman–Crippen LogP) is 0.647. The third kappa shape index (κ3) is 2.54. The lowest BCUT2D eigenvalue weighted by Crippen LogP contribution is -2.14. The quantitative estimate of drug-likeness (QED) is 0.800. The predicted molar refractivity (Wildman–Crippen MR) is 55.6 cm³/mol. The molecule has 1 saturated carbocycles. The number of thiophene rings is 1. The molecule has 1 aromatic heterocycles. The summed E-state index contributed by atoms with van der Waals surface area (Å²) < 4.78 is 21.9. The second-order valence-corrected chi connectivity index (χ2v) is 6.01. The minimum absolute atomic E-state index is 0.218. The Bertz CT molecular complexity index is 420. The summed E-state index contributed by atoms with van der Waals surface area (Å²) in [6, 6.07) is 2.27. The Labute approximate surface area is 87.2 Å². The van der Waals surface area contributed by atoms with Crippen molar-refractivity contribution in [1.82, 2.24) is 5.32 Å². The zero-order valence-corrected chi connectivity index (χ0v) is 9.20. The van der Waals surface area contributed by atoms with Gasteiger partial charge in [0.15, 0.2) is 0 Å². The molecule has 1 heterocycles. The van der Waals surface area contributed by atoms with Crippen molar-refractivity contribution in [3.8, 4) is 0 Å². The van der Waals surface area contributed by atoms with E-state index >= 15 is 0 Å². The first-order valence-electron chi connectivity index (χ1n) is 4.39. The standard InChI is InChI=1S/C8H12N2O2S2/c9-14(11,12)8-3-7(13-5-8)4-10-6-1-2-6/h3,5-6,10H,1-2,4H2,(H2,9,11,12). The molecule has 1 fully saturated rings. The van der Waals surface area contributed by atoms with Crippen LogP contribution in [0, 0.1) is 0 Å². The van der Waals surface area contributed by atoms with Crippen LogP contribution < -0.4 is 10.5 Å². The molecule has 0 atom stereocenters. The molecule has 0 bridgehead atoms. The summed E-state index contributed by atoms with van der Waals surface area (Å²) in [5.74, 6) is 0. The average molecular weight is 232 g/mol. The Balaban J connectivity index is 2.01. The second kappa shape index (κ2) is 3.62. The van der Waals surface area contributed by atoms with E-state index in [-0.39, 0.29) is 4.90 Å². The highest BCUT2D eigenvalue weighted by molar-refractivity contribution is 7.89. The van der Waals surface area contributed by atoms with Crippen molar-refractivity contribution in [2.75, 3.05) is 0 Å².